The quantitative estimate of drug-likeness (QED) is 0.0525. The maximum Gasteiger partial charge on any atom is 0.379 e. The monoisotopic (exact) mass is 766 g/mol. The number of benzene rings is 1. The van der Waals surface area contributed by atoms with Gasteiger partial charge in [0.2, 0.25) is 17.7 Å². The Labute approximate surface area is 322 Å². The minimum absolute atomic E-state index is 0.0353. The van der Waals surface area contributed by atoms with Crippen molar-refractivity contribution in [2.45, 2.75) is 148 Å². The molecule has 15 heteroatoms. The fourth-order valence-corrected chi connectivity index (χ4v) is 7.60. The van der Waals surface area contributed by atoms with E-state index in [2.05, 4.69) is 25.6 Å². The minimum atomic E-state index is -0.909. The summed E-state index contributed by atoms with van der Waals surface area (Å²) in [7, 11) is 0. The highest BCUT2D eigenvalue weighted by Gasteiger charge is 2.27. The van der Waals surface area contributed by atoms with Crippen molar-refractivity contribution in [1.82, 2.24) is 31.1 Å². The number of carbonyl (C=O) groups excluding carboxylic acids is 3. The number of carbonyl (C=O) groups is 4. The van der Waals surface area contributed by atoms with Crippen molar-refractivity contribution >= 4 is 23.8 Å². The molecule has 1 aromatic carbocycles. The van der Waals surface area contributed by atoms with Crippen LogP contribution in [0.1, 0.15) is 178 Å². The Morgan fingerprint density at radius 1 is 0.818 bits per heavy atom. The van der Waals surface area contributed by atoms with Crippen molar-refractivity contribution in [2.24, 2.45) is 11.8 Å². The Hall–Kier alpha value is -4.66. The Balaban J connectivity index is 0.000000253. The van der Waals surface area contributed by atoms with Gasteiger partial charge in [0.05, 0.1) is 13.0 Å². The topological polar surface area (TPSA) is 220 Å². The van der Waals surface area contributed by atoms with Crippen LogP contribution in [0.3, 0.4) is 0 Å². The lowest BCUT2D eigenvalue weighted by molar-refractivity contribution is -0.137. The first kappa shape index (κ1) is 43.1. The van der Waals surface area contributed by atoms with Crippen LogP contribution in [0.25, 0.3) is 0 Å². The molecule has 0 radical (unpaired) electrons. The number of carboxylic acids is 1. The third-order valence-corrected chi connectivity index (χ3v) is 10.7. The largest absolute Gasteiger partial charge is 0.481 e. The van der Waals surface area contributed by atoms with Crippen molar-refractivity contribution < 1.29 is 43.3 Å². The molecular weight excluding hydrogens is 708 g/mol. The molecule has 2 amide bonds. The predicted octanol–water partition coefficient (Wildman–Crippen LogP) is 7.59. The van der Waals surface area contributed by atoms with E-state index in [0.29, 0.717) is 19.4 Å². The number of esters is 1. The maximum atomic E-state index is 12.4. The molecule has 0 unspecified atom stereocenters. The number of ether oxygens (including phenoxy) is 1. The van der Waals surface area contributed by atoms with E-state index in [-0.39, 0.29) is 54.7 Å². The number of hydrogen-bond acceptors (Lipinski definition) is 12. The number of carboxylic acid groups (broad SMARTS) is 1. The van der Waals surface area contributed by atoms with Crippen LogP contribution in [0.2, 0.25) is 0 Å². The van der Waals surface area contributed by atoms with Crippen LogP contribution in [0.15, 0.2) is 33.3 Å². The van der Waals surface area contributed by atoms with Crippen molar-refractivity contribution in [2.75, 3.05) is 6.61 Å². The number of rotatable bonds is 19. The molecule has 2 heterocycles. The van der Waals surface area contributed by atoms with Crippen LogP contribution in [0.4, 0.5) is 0 Å². The molecule has 2 aromatic heterocycles. The Kier molecular flexibility index (Phi) is 18.2. The van der Waals surface area contributed by atoms with E-state index in [0.717, 1.165) is 48.6 Å². The number of hydroxylamine groups is 1. The third kappa shape index (κ3) is 14.8. The molecule has 0 spiro atoms. The summed E-state index contributed by atoms with van der Waals surface area (Å²) in [6.07, 6.45) is 18.4. The number of nitrogens with zero attached hydrogens (tertiary/aromatic N) is 4. The number of amides is 2. The molecule has 3 aromatic rings. The lowest BCUT2D eigenvalue weighted by Gasteiger charge is -2.22. The number of nitrogens with one attached hydrogen (secondary N) is 2. The van der Waals surface area contributed by atoms with Crippen LogP contribution >= 0.6 is 0 Å². The van der Waals surface area contributed by atoms with Gasteiger partial charge < -0.3 is 24.2 Å². The highest BCUT2D eigenvalue weighted by molar-refractivity contribution is 5.90. The van der Waals surface area contributed by atoms with Crippen molar-refractivity contribution in [3.05, 3.63) is 58.8 Å². The second kappa shape index (κ2) is 23.3. The molecule has 2 aliphatic carbocycles. The first-order valence-electron chi connectivity index (χ1n) is 20.0. The van der Waals surface area contributed by atoms with Gasteiger partial charge in [-0.25, -0.2) is 10.3 Å². The highest BCUT2D eigenvalue weighted by Crippen LogP contribution is 2.32. The lowest BCUT2D eigenvalue weighted by atomic mass is 9.84. The average molecular weight is 767 g/mol. The van der Waals surface area contributed by atoms with Gasteiger partial charge in [-0.1, -0.05) is 119 Å². The minimum Gasteiger partial charge on any atom is -0.481 e. The summed E-state index contributed by atoms with van der Waals surface area (Å²) >= 11 is 0. The Bertz CT molecular complexity index is 1630. The fourth-order valence-electron chi connectivity index (χ4n) is 7.60. The predicted molar refractivity (Wildman–Crippen MR) is 200 cm³/mol. The normalized spacial score (nSPS) is 16.0. The number of hydrogen-bond donors (Lipinski definition) is 4. The van der Waals surface area contributed by atoms with Gasteiger partial charge >= 0.3 is 11.9 Å². The zero-order chi connectivity index (χ0) is 39.4. The Morgan fingerprint density at radius 2 is 1.36 bits per heavy atom. The van der Waals surface area contributed by atoms with Gasteiger partial charge in [0, 0.05) is 24.8 Å². The van der Waals surface area contributed by atoms with Crippen molar-refractivity contribution in [1.29, 1.82) is 0 Å². The molecule has 0 aliphatic heterocycles. The molecule has 15 nitrogen and oxygen atoms in total. The molecule has 5 rings (SSSR count). The maximum absolute atomic E-state index is 12.4. The molecule has 2 aliphatic rings. The summed E-state index contributed by atoms with van der Waals surface area (Å²) in [6, 6.07) is 7.80. The smallest absolute Gasteiger partial charge is 0.379 e. The molecule has 2 fully saturated rings. The molecule has 2 atom stereocenters. The molecule has 0 saturated heterocycles. The van der Waals surface area contributed by atoms with E-state index in [1.165, 1.54) is 64.2 Å². The van der Waals surface area contributed by atoms with Gasteiger partial charge in [0.15, 0.2) is 0 Å². The van der Waals surface area contributed by atoms with Crippen LogP contribution < -0.4 is 10.8 Å². The zero-order valence-electron chi connectivity index (χ0n) is 32.3. The van der Waals surface area contributed by atoms with Crippen LogP contribution in [0, 0.1) is 18.8 Å². The Morgan fingerprint density at radius 3 is 1.91 bits per heavy atom. The van der Waals surface area contributed by atoms with Gasteiger partial charge in [-0.05, 0) is 54.8 Å². The molecule has 0 bridgehead atoms. The zero-order valence-corrected chi connectivity index (χ0v) is 32.3. The first-order valence-corrected chi connectivity index (χ1v) is 20.0. The second-order valence-corrected chi connectivity index (χ2v) is 14.8. The van der Waals surface area contributed by atoms with Gasteiger partial charge in [0.1, 0.15) is 0 Å². The van der Waals surface area contributed by atoms with Crippen LogP contribution in [-0.4, -0.2) is 61.0 Å². The first-order chi connectivity index (χ1) is 26.7. The number of aliphatic carboxylic acids is 1. The molecule has 2 saturated carbocycles. The number of aryl methyl sites for hydroxylation is 1. The van der Waals surface area contributed by atoms with Crippen molar-refractivity contribution in [3.8, 4) is 0 Å². The molecule has 4 N–H and O–H groups in total. The van der Waals surface area contributed by atoms with Gasteiger partial charge in [-0.15, -0.1) is 0 Å². The van der Waals surface area contributed by atoms with Crippen molar-refractivity contribution in [3.63, 3.8) is 0 Å². The average Bonchev–Trinajstić information content (AvgIpc) is 3.90. The summed E-state index contributed by atoms with van der Waals surface area (Å²) in [4.78, 5) is 55.2. The van der Waals surface area contributed by atoms with Gasteiger partial charge in [-0.3, -0.25) is 19.6 Å². The summed E-state index contributed by atoms with van der Waals surface area (Å²) in [6.45, 7) is 4.27. The summed E-state index contributed by atoms with van der Waals surface area (Å²) < 4.78 is 15.3. The summed E-state index contributed by atoms with van der Waals surface area (Å²) in [5.41, 5.74) is 3.77. The SMILES string of the molecule is CCOC(=O)c1noc([C@H](CCCC2CCCCC2)CC(=O)O)n1.Cc1ccccc1CNC(=O)c1noc([C@H](CCCC2CCCCC2)CC(=O)NO)n1. The van der Waals surface area contributed by atoms with E-state index in [1.54, 1.807) is 12.4 Å². The molecule has 302 valence electrons. The third-order valence-electron chi connectivity index (χ3n) is 10.7. The van der Waals surface area contributed by atoms with E-state index in [1.807, 2.05) is 31.2 Å². The van der Waals surface area contributed by atoms with E-state index >= 15 is 0 Å². The van der Waals surface area contributed by atoms with E-state index < -0.39 is 23.8 Å². The second-order valence-electron chi connectivity index (χ2n) is 14.8. The highest BCUT2D eigenvalue weighted by atomic mass is 16.5. The summed E-state index contributed by atoms with van der Waals surface area (Å²) in [5, 5.41) is 28.3. The standard InChI is InChI=1S/C23H32N4O4.C17H26N2O5/c1-16-8-5-6-12-19(16)15-24-22(29)21-25-23(31-27-21)18(14-20(28)26-30)13-7-11-17-9-3-2-4-10-17;1-2-23-17(22)15-18-16(24-19-15)13(11-14(20)21)10-6-9-12-7-4-3-5-8-12/h5-6,8,12,17-18,30H,2-4,7,9-11,13-15H2,1H3,(H,24,29)(H,26,28);12-13H,2-11H2,1H3,(H,20,21)/t18-;13-/m11/s1. The molecular formula is C40H58N6O9. The number of aromatic nitrogens is 4. The van der Waals surface area contributed by atoms with Crippen LogP contribution in [-0.2, 0) is 20.9 Å². The van der Waals surface area contributed by atoms with Crippen LogP contribution in [0.5, 0.6) is 0 Å². The fraction of sp³-hybridized carbons (Fsp3) is 0.650. The molecule has 55 heavy (non-hydrogen) atoms. The van der Waals surface area contributed by atoms with Gasteiger partial charge in [0.25, 0.3) is 17.6 Å². The van der Waals surface area contributed by atoms with E-state index in [9.17, 15) is 19.2 Å². The van der Waals surface area contributed by atoms with Gasteiger partial charge in [-0.2, -0.15) is 9.97 Å². The van der Waals surface area contributed by atoms with E-state index in [4.69, 9.17) is 24.1 Å². The summed E-state index contributed by atoms with van der Waals surface area (Å²) in [5.74, 6) is -1.41. The lowest BCUT2D eigenvalue weighted by Crippen LogP contribution is -2.24.